The number of piperidine rings is 1. The number of pyridine rings is 1. The minimum atomic E-state index is 0.0288. The molecule has 4 nitrogen and oxygen atoms in total. The molecule has 0 unspecified atom stereocenters. The second-order valence-electron chi connectivity index (χ2n) is 6.23. The van der Waals surface area contributed by atoms with Crippen LogP contribution in [-0.2, 0) is 0 Å². The summed E-state index contributed by atoms with van der Waals surface area (Å²) >= 11 is 0. The maximum Gasteiger partial charge on any atom is 0.255 e. The lowest BCUT2D eigenvalue weighted by atomic mass is 9.84. The SMILES string of the molecule is CC1(C)CCCN(C(=O)c2cncc(C#CCCO)c2)C1. The van der Waals surface area contributed by atoms with E-state index >= 15 is 0 Å². The summed E-state index contributed by atoms with van der Waals surface area (Å²) in [6.45, 7) is 6.03. The molecule has 0 saturated carbocycles. The topological polar surface area (TPSA) is 53.4 Å². The minimum Gasteiger partial charge on any atom is -0.395 e. The standard InChI is InChI=1S/C17H22N2O2/c1-17(2)7-5-8-19(13-17)16(21)15-10-14(11-18-12-15)6-3-4-9-20/h10-12,20H,4-5,7-9,13H2,1-2H3. The van der Waals surface area contributed by atoms with E-state index in [1.807, 2.05) is 4.90 Å². The van der Waals surface area contributed by atoms with Crippen molar-refractivity contribution >= 4 is 5.91 Å². The number of nitrogens with zero attached hydrogens (tertiary/aromatic N) is 2. The summed E-state index contributed by atoms with van der Waals surface area (Å²) in [7, 11) is 0. The van der Waals surface area contributed by atoms with E-state index in [0.717, 1.165) is 25.9 Å². The lowest BCUT2D eigenvalue weighted by molar-refractivity contribution is 0.0583. The van der Waals surface area contributed by atoms with Crippen LogP contribution in [0.2, 0.25) is 0 Å². The zero-order chi connectivity index (χ0) is 15.3. The summed E-state index contributed by atoms with van der Waals surface area (Å²) in [6.07, 6.45) is 5.87. The number of aliphatic hydroxyl groups is 1. The Labute approximate surface area is 126 Å². The van der Waals surface area contributed by atoms with Crippen molar-refractivity contribution in [1.29, 1.82) is 0 Å². The molecule has 1 aromatic rings. The molecule has 1 aromatic heterocycles. The predicted octanol–water partition coefficient (Wildman–Crippen LogP) is 2.08. The van der Waals surface area contributed by atoms with Crippen LogP contribution in [0.5, 0.6) is 0 Å². The third kappa shape index (κ3) is 4.30. The van der Waals surface area contributed by atoms with E-state index in [1.165, 1.54) is 0 Å². The van der Waals surface area contributed by atoms with Gasteiger partial charge in [0.05, 0.1) is 12.2 Å². The quantitative estimate of drug-likeness (QED) is 0.847. The molecule has 2 rings (SSSR count). The highest BCUT2D eigenvalue weighted by atomic mass is 16.2. The fraction of sp³-hybridized carbons (Fsp3) is 0.529. The van der Waals surface area contributed by atoms with Gasteiger partial charge in [-0.3, -0.25) is 9.78 Å². The van der Waals surface area contributed by atoms with Crippen LogP contribution >= 0.6 is 0 Å². The van der Waals surface area contributed by atoms with Crippen molar-refractivity contribution in [3.8, 4) is 11.8 Å². The van der Waals surface area contributed by atoms with Crippen LogP contribution in [0.1, 0.15) is 49.0 Å². The molecule has 1 saturated heterocycles. The number of aromatic nitrogens is 1. The third-order valence-corrected chi connectivity index (χ3v) is 3.64. The maximum atomic E-state index is 12.6. The van der Waals surface area contributed by atoms with Gasteiger partial charge in [-0.15, -0.1) is 0 Å². The Morgan fingerprint density at radius 2 is 2.29 bits per heavy atom. The molecule has 1 N–H and O–H groups in total. The first-order valence-corrected chi connectivity index (χ1v) is 7.36. The predicted molar refractivity (Wildman–Crippen MR) is 81.7 cm³/mol. The summed E-state index contributed by atoms with van der Waals surface area (Å²) in [5.74, 6) is 5.79. The molecule has 0 aliphatic carbocycles. The third-order valence-electron chi connectivity index (χ3n) is 3.64. The Morgan fingerprint density at radius 3 is 3.00 bits per heavy atom. The molecular weight excluding hydrogens is 264 g/mol. The average molecular weight is 286 g/mol. The first kappa shape index (κ1) is 15.5. The lowest BCUT2D eigenvalue weighted by Gasteiger charge is -2.38. The molecule has 0 bridgehead atoms. The largest absolute Gasteiger partial charge is 0.395 e. The Kier molecular flexibility index (Phi) is 4.98. The van der Waals surface area contributed by atoms with E-state index in [0.29, 0.717) is 17.5 Å². The van der Waals surface area contributed by atoms with Gasteiger partial charge in [-0.25, -0.2) is 0 Å². The van der Waals surface area contributed by atoms with Gasteiger partial charge in [-0.1, -0.05) is 25.7 Å². The molecule has 0 aromatic carbocycles. The molecule has 0 spiro atoms. The monoisotopic (exact) mass is 286 g/mol. The number of aliphatic hydroxyl groups excluding tert-OH is 1. The molecule has 0 atom stereocenters. The highest BCUT2D eigenvalue weighted by Gasteiger charge is 2.29. The molecule has 0 radical (unpaired) electrons. The number of amides is 1. The Hall–Kier alpha value is -1.86. The van der Waals surface area contributed by atoms with Crippen molar-refractivity contribution in [2.24, 2.45) is 5.41 Å². The van der Waals surface area contributed by atoms with Gasteiger partial charge < -0.3 is 10.0 Å². The Balaban J connectivity index is 2.12. The van der Waals surface area contributed by atoms with Gasteiger partial charge in [0.25, 0.3) is 5.91 Å². The van der Waals surface area contributed by atoms with E-state index in [2.05, 4.69) is 30.7 Å². The van der Waals surface area contributed by atoms with Crippen LogP contribution in [-0.4, -0.2) is 40.6 Å². The average Bonchev–Trinajstić information content (AvgIpc) is 2.46. The van der Waals surface area contributed by atoms with Crippen molar-refractivity contribution in [2.45, 2.75) is 33.1 Å². The van der Waals surface area contributed by atoms with Crippen LogP contribution in [0.15, 0.2) is 18.5 Å². The molecule has 2 heterocycles. The summed E-state index contributed by atoms with van der Waals surface area (Å²) in [6, 6.07) is 1.78. The van der Waals surface area contributed by atoms with Gasteiger partial charge in [0.2, 0.25) is 0 Å². The summed E-state index contributed by atoms with van der Waals surface area (Å²) in [5, 5.41) is 8.73. The molecular formula is C17H22N2O2. The number of likely N-dealkylation sites (tertiary alicyclic amines) is 1. The van der Waals surface area contributed by atoms with Gasteiger partial charge >= 0.3 is 0 Å². The van der Waals surface area contributed by atoms with Crippen molar-refractivity contribution in [2.75, 3.05) is 19.7 Å². The number of hydrogen-bond acceptors (Lipinski definition) is 3. The molecule has 1 aliphatic rings. The maximum absolute atomic E-state index is 12.6. The smallest absolute Gasteiger partial charge is 0.255 e. The fourth-order valence-electron chi connectivity index (χ4n) is 2.62. The highest BCUT2D eigenvalue weighted by Crippen LogP contribution is 2.29. The van der Waals surface area contributed by atoms with Crippen LogP contribution in [0.3, 0.4) is 0 Å². The molecule has 1 aliphatic heterocycles. The number of carbonyl (C=O) groups excluding carboxylic acids is 1. The van der Waals surface area contributed by atoms with Crippen molar-refractivity contribution in [3.05, 3.63) is 29.6 Å². The van der Waals surface area contributed by atoms with Crippen LogP contribution in [0.4, 0.5) is 0 Å². The second kappa shape index (κ2) is 6.73. The van der Waals surface area contributed by atoms with Crippen LogP contribution in [0.25, 0.3) is 0 Å². The Bertz CT molecular complexity index is 570. The van der Waals surface area contributed by atoms with E-state index in [1.54, 1.807) is 18.5 Å². The second-order valence-corrected chi connectivity index (χ2v) is 6.23. The van der Waals surface area contributed by atoms with Gasteiger partial charge in [0, 0.05) is 37.5 Å². The number of rotatable bonds is 2. The molecule has 4 heteroatoms. The zero-order valence-electron chi connectivity index (χ0n) is 12.7. The first-order chi connectivity index (χ1) is 10.0. The molecule has 1 fully saturated rings. The number of hydrogen-bond donors (Lipinski definition) is 1. The van der Waals surface area contributed by atoms with Crippen molar-refractivity contribution in [1.82, 2.24) is 9.88 Å². The summed E-state index contributed by atoms with van der Waals surface area (Å²) in [5.41, 5.74) is 1.48. The minimum absolute atomic E-state index is 0.0288. The van der Waals surface area contributed by atoms with E-state index in [-0.39, 0.29) is 17.9 Å². The molecule has 1 amide bonds. The van der Waals surface area contributed by atoms with Crippen molar-refractivity contribution < 1.29 is 9.90 Å². The van der Waals surface area contributed by atoms with Gasteiger partial charge in [-0.2, -0.15) is 0 Å². The van der Waals surface area contributed by atoms with Crippen LogP contribution < -0.4 is 0 Å². The van der Waals surface area contributed by atoms with Gasteiger partial charge in [0.15, 0.2) is 0 Å². The summed E-state index contributed by atoms with van der Waals surface area (Å²) < 4.78 is 0. The van der Waals surface area contributed by atoms with Crippen molar-refractivity contribution in [3.63, 3.8) is 0 Å². The van der Waals surface area contributed by atoms with E-state index in [4.69, 9.17) is 5.11 Å². The highest BCUT2D eigenvalue weighted by molar-refractivity contribution is 5.94. The molecule has 21 heavy (non-hydrogen) atoms. The normalized spacial score (nSPS) is 17.0. The zero-order valence-corrected chi connectivity index (χ0v) is 12.7. The van der Waals surface area contributed by atoms with Gasteiger partial charge in [0.1, 0.15) is 0 Å². The summed E-state index contributed by atoms with van der Waals surface area (Å²) in [4.78, 5) is 18.6. The number of carbonyl (C=O) groups is 1. The lowest BCUT2D eigenvalue weighted by Crippen LogP contribution is -2.43. The fourth-order valence-corrected chi connectivity index (χ4v) is 2.62. The molecule has 112 valence electrons. The Morgan fingerprint density at radius 1 is 1.48 bits per heavy atom. The van der Waals surface area contributed by atoms with Gasteiger partial charge in [-0.05, 0) is 24.3 Å². The van der Waals surface area contributed by atoms with E-state index in [9.17, 15) is 4.79 Å². The van der Waals surface area contributed by atoms with Crippen LogP contribution in [0, 0.1) is 17.3 Å². The van der Waals surface area contributed by atoms with E-state index < -0.39 is 0 Å². The first-order valence-electron chi connectivity index (χ1n) is 7.36.